The number of hydrogen-bond donors (Lipinski definition) is 1. The van der Waals surface area contributed by atoms with Gasteiger partial charge in [0.25, 0.3) is 5.91 Å². The highest BCUT2D eigenvalue weighted by atomic mass is 19.1. The van der Waals surface area contributed by atoms with Gasteiger partial charge in [0.1, 0.15) is 11.6 Å². The Hall–Kier alpha value is -3.16. The van der Waals surface area contributed by atoms with Gasteiger partial charge in [-0.05, 0) is 57.0 Å². The van der Waals surface area contributed by atoms with Crippen molar-refractivity contribution in [2.75, 3.05) is 42.5 Å². The molecule has 0 atom stereocenters. The van der Waals surface area contributed by atoms with Crippen LogP contribution in [0.5, 0.6) is 0 Å². The van der Waals surface area contributed by atoms with Crippen molar-refractivity contribution in [3.05, 3.63) is 53.0 Å². The monoisotopic (exact) mass is 425 g/mol. The number of benzene rings is 1. The maximum absolute atomic E-state index is 14.8. The molecule has 0 unspecified atom stereocenters. The van der Waals surface area contributed by atoms with Gasteiger partial charge in [-0.15, -0.1) is 0 Å². The molecule has 0 saturated carbocycles. The van der Waals surface area contributed by atoms with Crippen LogP contribution in [-0.4, -0.2) is 60.1 Å². The van der Waals surface area contributed by atoms with Gasteiger partial charge in [-0.1, -0.05) is 6.07 Å². The van der Waals surface area contributed by atoms with E-state index in [9.17, 15) is 14.0 Å². The lowest BCUT2D eigenvalue weighted by Gasteiger charge is -2.36. The van der Waals surface area contributed by atoms with E-state index in [1.807, 2.05) is 33.9 Å². The Balaban J connectivity index is 1.44. The first kappa shape index (κ1) is 21.1. The Labute approximate surface area is 181 Å². The molecule has 3 amide bonds. The molecule has 164 valence electrons. The van der Waals surface area contributed by atoms with Gasteiger partial charge < -0.3 is 15.1 Å². The average molecular weight is 426 g/mol. The Morgan fingerprint density at radius 3 is 2.42 bits per heavy atom. The van der Waals surface area contributed by atoms with E-state index in [4.69, 9.17) is 0 Å². The van der Waals surface area contributed by atoms with E-state index in [1.54, 1.807) is 11.0 Å². The quantitative estimate of drug-likeness (QED) is 0.821. The third kappa shape index (κ3) is 4.19. The van der Waals surface area contributed by atoms with Crippen molar-refractivity contribution in [1.82, 2.24) is 15.2 Å². The first-order valence-electron chi connectivity index (χ1n) is 10.5. The van der Waals surface area contributed by atoms with Crippen LogP contribution in [0, 0.1) is 19.7 Å². The number of carbonyl (C=O) groups excluding carboxylic acids is 2. The van der Waals surface area contributed by atoms with E-state index in [0.29, 0.717) is 38.4 Å². The summed E-state index contributed by atoms with van der Waals surface area (Å²) in [7, 11) is 0. The Morgan fingerprint density at radius 1 is 1.13 bits per heavy atom. The number of piperazine rings is 1. The molecule has 7 nitrogen and oxygen atoms in total. The predicted octanol–water partition coefficient (Wildman–Crippen LogP) is 3.11. The number of urea groups is 1. The van der Waals surface area contributed by atoms with E-state index in [2.05, 4.69) is 21.3 Å². The molecular formula is C23H28FN5O2. The summed E-state index contributed by atoms with van der Waals surface area (Å²) < 4.78 is 14.8. The second kappa shape index (κ2) is 7.83. The smallest absolute Gasteiger partial charge is 0.322 e. The van der Waals surface area contributed by atoms with E-state index >= 15 is 0 Å². The first-order valence-corrected chi connectivity index (χ1v) is 10.5. The number of nitrogens with zero attached hydrogens (tertiary/aromatic N) is 4. The van der Waals surface area contributed by atoms with Gasteiger partial charge in [0, 0.05) is 38.1 Å². The minimum atomic E-state index is -0.613. The number of pyridine rings is 1. The standard InChI is InChI=1S/C23H28FN5O2/c1-15-11-16(2)20(25-13-15)27-7-9-28(10-8-27)21(30)18-6-5-17(12-19(18)24)29-14-23(3,4)26-22(29)31/h5-6,11-13H,7-10,14H2,1-4H3,(H,26,31). The molecule has 2 saturated heterocycles. The van der Waals surface area contributed by atoms with E-state index in [1.165, 1.54) is 17.0 Å². The van der Waals surface area contributed by atoms with Crippen molar-refractivity contribution in [3.8, 4) is 0 Å². The van der Waals surface area contributed by atoms with E-state index < -0.39 is 5.82 Å². The molecule has 31 heavy (non-hydrogen) atoms. The third-order valence-corrected chi connectivity index (χ3v) is 5.79. The first-order chi connectivity index (χ1) is 14.6. The van der Waals surface area contributed by atoms with Crippen LogP contribution in [0.25, 0.3) is 0 Å². The van der Waals surface area contributed by atoms with Crippen LogP contribution < -0.4 is 15.1 Å². The highest BCUT2D eigenvalue weighted by molar-refractivity contribution is 5.98. The fourth-order valence-electron chi connectivity index (χ4n) is 4.25. The summed E-state index contributed by atoms with van der Waals surface area (Å²) in [5, 5.41) is 2.85. The summed E-state index contributed by atoms with van der Waals surface area (Å²) >= 11 is 0. The molecule has 2 aliphatic rings. The summed E-state index contributed by atoms with van der Waals surface area (Å²) in [5.74, 6) is -0.0120. The Kier molecular flexibility index (Phi) is 5.33. The molecule has 0 spiro atoms. The van der Waals surface area contributed by atoms with E-state index in [0.717, 1.165) is 16.9 Å². The van der Waals surface area contributed by atoms with Crippen molar-refractivity contribution in [3.63, 3.8) is 0 Å². The van der Waals surface area contributed by atoms with Gasteiger partial charge in [-0.3, -0.25) is 9.69 Å². The molecule has 0 aliphatic carbocycles. The number of carbonyl (C=O) groups is 2. The van der Waals surface area contributed by atoms with Crippen LogP contribution in [0.1, 0.15) is 35.3 Å². The van der Waals surface area contributed by atoms with Crippen LogP contribution in [-0.2, 0) is 0 Å². The number of hydrogen-bond acceptors (Lipinski definition) is 4. The zero-order valence-corrected chi connectivity index (χ0v) is 18.4. The van der Waals surface area contributed by atoms with Crippen molar-refractivity contribution in [1.29, 1.82) is 0 Å². The van der Waals surface area contributed by atoms with Crippen molar-refractivity contribution < 1.29 is 14.0 Å². The molecule has 2 aliphatic heterocycles. The van der Waals surface area contributed by atoms with Gasteiger partial charge >= 0.3 is 6.03 Å². The third-order valence-electron chi connectivity index (χ3n) is 5.79. The summed E-state index contributed by atoms with van der Waals surface area (Å²) in [6.07, 6.45) is 1.85. The maximum Gasteiger partial charge on any atom is 0.322 e. The molecule has 0 radical (unpaired) electrons. The number of anilines is 2. The highest BCUT2D eigenvalue weighted by Gasteiger charge is 2.36. The van der Waals surface area contributed by atoms with Crippen molar-refractivity contribution in [2.24, 2.45) is 0 Å². The van der Waals surface area contributed by atoms with Gasteiger partial charge in [-0.25, -0.2) is 14.2 Å². The summed E-state index contributed by atoms with van der Waals surface area (Å²) in [6.45, 7) is 10.6. The average Bonchev–Trinajstić information content (AvgIpc) is 3.00. The van der Waals surface area contributed by atoms with Crippen molar-refractivity contribution in [2.45, 2.75) is 33.2 Å². The fraction of sp³-hybridized carbons (Fsp3) is 0.435. The van der Waals surface area contributed by atoms with E-state index in [-0.39, 0.29) is 23.0 Å². The summed E-state index contributed by atoms with van der Waals surface area (Å²) in [6, 6.07) is 6.21. The van der Waals surface area contributed by atoms with Gasteiger partial charge in [0.15, 0.2) is 0 Å². The zero-order valence-electron chi connectivity index (χ0n) is 18.4. The topological polar surface area (TPSA) is 68.8 Å². The molecule has 1 aromatic heterocycles. The number of aryl methyl sites for hydroxylation is 2. The minimum absolute atomic E-state index is 0.0284. The van der Waals surface area contributed by atoms with Gasteiger partial charge in [0.2, 0.25) is 0 Å². The minimum Gasteiger partial charge on any atom is -0.353 e. The SMILES string of the molecule is Cc1cnc(N2CCN(C(=O)c3ccc(N4CC(C)(C)NC4=O)cc3F)CC2)c(C)c1. The van der Waals surface area contributed by atoms with Crippen LogP contribution in [0.3, 0.4) is 0 Å². The largest absolute Gasteiger partial charge is 0.353 e. The molecule has 1 N–H and O–H groups in total. The second-order valence-corrected chi connectivity index (χ2v) is 9.00. The number of amides is 3. The molecule has 4 rings (SSSR count). The molecule has 8 heteroatoms. The molecule has 1 aromatic carbocycles. The molecule has 2 fully saturated rings. The van der Waals surface area contributed by atoms with Crippen molar-refractivity contribution >= 4 is 23.4 Å². The second-order valence-electron chi connectivity index (χ2n) is 9.00. The van der Waals surface area contributed by atoms with Gasteiger partial charge in [-0.2, -0.15) is 0 Å². The normalized spacial score (nSPS) is 18.4. The Bertz CT molecular complexity index is 1030. The van der Waals surface area contributed by atoms with Crippen LogP contribution in [0.2, 0.25) is 0 Å². The highest BCUT2D eigenvalue weighted by Crippen LogP contribution is 2.26. The predicted molar refractivity (Wildman–Crippen MR) is 118 cm³/mol. The summed E-state index contributed by atoms with van der Waals surface area (Å²) in [5.41, 5.74) is 2.31. The number of halogens is 1. The zero-order chi connectivity index (χ0) is 22.3. The van der Waals surface area contributed by atoms with Crippen LogP contribution in [0.4, 0.5) is 20.7 Å². The lowest BCUT2D eigenvalue weighted by molar-refractivity contribution is 0.0742. The molecule has 2 aromatic rings. The Morgan fingerprint density at radius 2 is 1.84 bits per heavy atom. The lowest BCUT2D eigenvalue weighted by atomic mass is 10.1. The molecule has 0 bridgehead atoms. The van der Waals surface area contributed by atoms with Crippen LogP contribution >= 0.6 is 0 Å². The summed E-state index contributed by atoms with van der Waals surface area (Å²) in [4.78, 5) is 35.0. The van der Waals surface area contributed by atoms with Crippen LogP contribution in [0.15, 0.2) is 30.5 Å². The number of nitrogens with one attached hydrogen (secondary N) is 1. The molecule has 3 heterocycles. The lowest BCUT2D eigenvalue weighted by Crippen LogP contribution is -2.49. The van der Waals surface area contributed by atoms with Gasteiger partial charge in [0.05, 0.1) is 17.6 Å². The number of aromatic nitrogens is 1. The molecular weight excluding hydrogens is 397 g/mol. The maximum atomic E-state index is 14.8. The fourth-order valence-corrected chi connectivity index (χ4v) is 4.25. The number of rotatable bonds is 3.